The van der Waals surface area contributed by atoms with Crippen LogP contribution in [-0.4, -0.2) is 67.3 Å². The van der Waals surface area contributed by atoms with E-state index < -0.39 is 0 Å². The lowest BCUT2D eigenvalue weighted by molar-refractivity contribution is 0.0988. The van der Waals surface area contributed by atoms with Crippen molar-refractivity contribution in [1.82, 2.24) is 24.4 Å². The third kappa shape index (κ3) is 3.72. The topological polar surface area (TPSA) is 110 Å². The van der Waals surface area contributed by atoms with Gasteiger partial charge >= 0.3 is 0 Å². The molecule has 0 radical (unpaired) electrons. The zero-order valence-electron chi connectivity index (χ0n) is 20.0. The molecule has 3 aliphatic rings. The van der Waals surface area contributed by atoms with Crippen LogP contribution in [0.5, 0.6) is 0 Å². The van der Waals surface area contributed by atoms with E-state index in [2.05, 4.69) is 26.2 Å². The Balaban J connectivity index is 1.10. The number of aromatic nitrogens is 5. The molecule has 1 aromatic carbocycles. The van der Waals surface area contributed by atoms with E-state index in [0.29, 0.717) is 34.9 Å². The van der Waals surface area contributed by atoms with Crippen molar-refractivity contribution in [3.8, 4) is 0 Å². The molecule has 186 valence electrons. The molecule has 2 atom stereocenters. The van der Waals surface area contributed by atoms with E-state index >= 15 is 0 Å². The first kappa shape index (κ1) is 21.8. The van der Waals surface area contributed by atoms with Crippen molar-refractivity contribution in [2.75, 3.05) is 30.0 Å². The van der Waals surface area contributed by atoms with Gasteiger partial charge in [-0.05, 0) is 62.3 Å². The van der Waals surface area contributed by atoms with E-state index in [1.807, 2.05) is 30.5 Å². The van der Waals surface area contributed by atoms with Crippen LogP contribution in [0.3, 0.4) is 0 Å². The number of fused-ring (bicyclic) bond motifs is 4. The lowest BCUT2D eigenvalue weighted by Gasteiger charge is -2.27. The van der Waals surface area contributed by atoms with Gasteiger partial charge in [-0.3, -0.25) is 9.48 Å². The number of aliphatic hydroxyl groups is 1. The molecular formula is C26H29N7O3. The number of anilines is 2. The summed E-state index contributed by atoms with van der Waals surface area (Å²) >= 11 is 0. The molecule has 4 aromatic rings. The van der Waals surface area contributed by atoms with Crippen LogP contribution in [0.1, 0.15) is 48.5 Å². The fourth-order valence-corrected chi connectivity index (χ4v) is 5.96. The van der Waals surface area contributed by atoms with Gasteiger partial charge in [-0.25, -0.2) is 9.50 Å². The highest BCUT2D eigenvalue weighted by Gasteiger charge is 2.39. The van der Waals surface area contributed by atoms with Gasteiger partial charge in [0.1, 0.15) is 11.4 Å². The zero-order valence-corrected chi connectivity index (χ0v) is 20.0. The second kappa shape index (κ2) is 8.56. The molecule has 7 rings (SSSR count). The summed E-state index contributed by atoms with van der Waals surface area (Å²) in [4.78, 5) is 20.3. The van der Waals surface area contributed by atoms with E-state index in [-0.39, 0.29) is 18.6 Å². The van der Waals surface area contributed by atoms with Crippen molar-refractivity contribution in [2.24, 2.45) is 5.92 Å². The van der Waals surface area contributed by atoms with Gasteiger partial charge in [0.25, 0.3) is 5.91 Å². The Labute approximate surface area is 207 Å². The smallest absolute Gasteiger partial charge is 0.261 e. The number of nitrogens with one attached hydrogen (secondary N) is 1. The number of carbonyl (C=O) groups is 1. The van der Waals surface area contributed by atoms with Gasteiger partial charge in [-0.15, -0.1) is 0 Å². The van der Waals surface area contributed by atoms with Crippen LogP contribution in [0.4, 0.5) is 11.5 Å². The predicted molar refractivity (Wildman–Crippen MR) is 134 cm³/mol. The maximum Gasteiger partial charge on any atom is 0.261 e. The summed E-state index contributed by atoms with van der Waals surface area (Å²) in [6, 6.07) is 8.44. The van der Waals surface area contributed by atoms with E-state index in [1.54, 1.807) is 10.7 Å². The number of morpholine rings is 1. The van der Waals surface area contributed by atoms with Crippen LogP contribution < -0.4 is 10.2 Å². The number of hydrogen-bond acceptors (Lipinski definition) is 7. The minimum absolute atomic E-state index is 0.241. The van der Waals surface area contributed by atoms with Crippen molar-refractivity contribution >= 4 is 34.0 Å². The number of benzene rings is 1. The third-order valence-electron chi connectivity index (χ3n) is 8.02. The summed E-state index contributed by atoms with van der Waals surface area (Å²) in [6.45, 7) is 1.84. The molecule has 3 fully saturated rings. The van der Waals surface area contributed by atoms with Gasteiger partial charge in [0.2, 0.25) is 0 Å². The first-order valence-electron chi connectivity index (χ1n) is 12.8. The van der Waals surface area contributed by atoms with Crippen molar-refractivity contribution in [1.29, 1.82) is 0 Å². The van der Waals surface area contributed by atoms with E-state index in [9.17, 15) is 9.90 Å². The third-order valence-corrected chi connectivity index (χ3v) is 8.02. The van der Waals surface area contributed by atoms with E-state index in [0.717, 1.165) is 62.0 Å². The summed E-state index contributed by atoms with van der Waals surface area (Å²) in [5.74, 6) is 1.03. The molecule has 0 unspecified atom stereocenters. The van der Waals surface area contributed by atoms with Crippen LogP contribution in [0.2, 0.25) is 0 Å². The lowest BCUT2D eigenvalue weighted by Crippen LogP contribution is -2.37. The van der Waals surface area contributed by atoms with Gasteiger partial charge in [0.05, 0.1) is 36.5 Å². The first-order chi connectivity index (χ1) is 17.6. The summed E-state index contributed by atoms with van der Waals surface area (Å²) in [6.07, 6.45) is 10.9. The van der Waals surface area contributed by atoms with Gasteiger partial charge in [0, 0.05) is 36.6 Å². The van der Waals surface area contributed by atoms with Crippen molar-refractivity contribution in [3.05, 3.63) is 48.4 Å². The Morgan fingerprint density at radius 2 is 2.06 bits per heavy atom. The van der Waals surface area contributed by atoms with Crippen LogP contribution in [0.25, 0.3) is 16.6 Å². The maximum atomic E-state index is 13.2. The molecule has 1 amide bonds. The molecular weight excluding hydrogens is 458 g/mol. The van der Waals surface area contributed by atoms with Crippen molar-refractivity contribution in [2.45, 2.75) is 50.3 Å². The van der Waals surface area contributed by atoms with Crippen molar-refractivity contribution < 1.29 is 14.6 Å². The van der Waals surface area contributed by atoms with Crippen LogP contribution in [0.15, 0.2) is 42.9 Å². The monoisotopic (exact) mass is 487 g/mol. The Morgan fingerprint density at radius 1 is 1.17 bits per heavy atom. The molecule has 10 heteroatoms. The summed E-state index contributed by atoms with van der Waals surface area (Å²) in [5.41, 5.74) is 2.60. The quantitative estimate of drug-likeness (QED) is 0.445. The molecule has 1 aliphatic carbocycles. The normalized spacial score (nSPS) is 25.8. The Bertz CT molecular complexity index is 1440. The average molecular weight is 488 g/mol. The molecule has 2 bridgehead atoms. The van der Waals surface area contributed by atoms with Crippen LogP contribution in [-0.2, 0) is 4.74 Å². The number of ether oxygens (including phenoxy) is 1. The van der Waals surface area contributed by atoms with Gasteiger partial charge in [-0.1, -0.05) is 0 Å². The van der Waals surface area contributed by atoms with E-state index in [1.165, 1.54) is 0 Å². The fraction of sp³-hybridized carbons (Fsp3) is 0.462. The molecule has 1 saturated carbocycles. The number of carbonyl (C=O) groups excluding carboxylic acids is 1. The fourth-order valence-electron chi connectivity index (χ4n) is 5.96. The van der Waals surface area contributed by atoms with Gasteiger partial charge in [0.15, 0.2) is 5.65 Å². The Kier molecular flexibility index (Phi) is 5.17. The van der Waals surface area contributed by atoms with E-state index in [4.69, 9.17) is 14.8 Å². The van der Waals surface area contributed by atoms with Crippen LogP contribution >= 0.6 is 0 Å². The lowest BCUT2D eigenvalue weighted by atomic mass is 9.87. The van der Waals surface area contributed by atoms with Crippen LogP contribution in [0, 0.1) is 5.92 Å². The molecule has 36 heavy (non-hydrogen) atoms. The van der Waals surface area contributed by atoms with Gasteiger partial charge < -0.3 is 20.1 Å². The maximum absolute atomic E-state index is 13.2. The second-order valence-corrected chi connectivity index (χ2v) is 10.3. The summed E-state index contributed by atoms with van der Waals surface area (Å²) < 4.78 is 9.41. The molecule has 2 N–H and O–H groups in total. The SMILES string of the molecule is O=C(Nc1ccc2nn(C3CCC(CO)CC3)cc2c1)c1cnn2ccc(N3C[C@H]4C[C@@H]3CO4)nc12. The Hall–Kier alpha value is -3.50. The predicted octanol–water partition coefficient (Wildman–Crippen LogP) is 3.03. The Morgan fingerprint density at radius 3 is 2.83 bits per heavy atom. The molecule has 3 aromatic heterocycles. The number of nitrogens with zero attached hydrogens (tertiary/aromatic N) is 6. The second-order valence-electron chi connectivity index (χ2n) is 10.3. The number of rotatable bonds is 5. The highest BCUT2D eigenvalue weighted by atomic mass is 16.5. The standard InChI is InChI=1S/C26H29N7O3/c34-14-16-1-4-19(5-2-16)33-12-17-9-18(3-6-23(17)30-33)28-26(35)22-11-27-32-8-7-24(29-25(22)32)31-13-21-10-20(31)15-36-21/h3,6-9,11-12,16,19-21,34H,1-2,4-5,10,13-15H2,(H,28,35)/t16?,19?,20-,21-/m1/s1. The number of aliphatic hydroxyl groups excluding tert-OH is 1. The minimum atomic E-state index is -0.241. The number of amides is 1. The molecule has 2 saturated heterocycles. The molecule has 0 spiro atoms. The minimum Gasteiger partial charge on any atom is -0.396 e. The molecule has 5 heterocycles. The summed E-state index contributed by atoms with van der Waals surface area (Å²) in [7, 11) is 0. The zero-order chi connectivity index (χ0) is 24.2. The molecule has 2 aliphatic heterocycles. The largest absolute Gasteiger partial charge is 0.396 e. The highest BCUT2D eigenvalue weighted by Crippen LogP contribution is 2.33. The number of hydrogen-bond donors (Lipinski definition) is 2. The van der Waals surface area contributed by atoms with Crippen molar-refractivity contribution in [3.63, 3.8) is 0 Å². The average Bonchev–Trinajstić information content (AvgIpc) is 3.71. The first-order valence-corrected chi connectivity index (χ1v) is 12.8. The summed E-state index contributed by atoms with van der Waals surface area (Å²) in [5, 5.41) is 22.5. The molecule has 10 nitrogen and oxygen atoms in total. The van der Waals surface area contributed by atoms with Gasteiger partial charge in [-0.2, -0.15) is 10.2 Å². The highest BCUT2D eigenvalue weighted by molar-refractivity contribution is 6.08.